The van der Waals surface area contributed by atoms with Gasteiger partial charge in [-0.2, -0.15) is 5.10 Å². The van der Waals surface area contributed by atoms with E-state index in [1.807, 2.05) is 38.4 Å². The molecule has 7 heteroatoms. The van der Waals surface area contributed by atoms with Crippen LogP contribution in [0.5, 0.6) is 0 Å². The van der Waals surface area contributed by atoms with Crippen molar-refractivity contribution < 1.29 is 0 Å². The van der Waals surface area contributed by atoms with Gasteiger partial charge < -0.3 is 10.2 Å². The van der Waals surface area contributed by atoms with Gasteiger partial charge in [-0.25, -0.2) is 14.0 Å². The molecule has 0 saturated carbocycles. The molecule has 100 valence electrons. The summed E-state index contributed by atoms with van der Waals surface area (Å²) in [5, 5.41) is 7.62. The fourth-order valence-electron chi connectivity index (χ4n) is 1.57. The zero-order valence-corrected chi connectivity index (χ0v) is 11.8. The summed E-state index contributed by atoms with van der Waals surface area (Å²) < 4.78 is 2.75. The number of thiocarbonyl (C=S) groups is 1. The lowest BCUT2D eigenvalue weighted by atomic mass is 10.2. The van der Waals surface area contributed by atoms with Crippen LogP contribution in [0.3, 0.4) is 0 Å². The first kappa shape index (κ1) is 13.3. The molecule has 0 fully saturated rings. The predicted octanol–water partition coefficient (Wildman–Crippen LogP) is 0.829. The summed E-state index contributed by atoms with van der Waals surface area (Å²) in [5.41, 5.74) is 1.27. The highest BCUT2D eigenvalue weighted by atomic mass is 32.1. The van der Waals surface area contributed by atoms with E-state index < -0.39 is 0 Å². The molecule has 0 atom stereocenters. The second kappa shape index (κ2) is 5.23. The summed E-state index contributed by atoms with van der Waals surface area (Å²) in [6.07, 6.45) is 1.49. The number of nitrogens with zero attached hydrogens (tertiary/aromatic N) is 4. The maximum absolute atomic E-state index is 11.9. The van der Waals surface area contributed by atoms with Gasteiger partial charge in [-0.15, -0.1) is 0 Å². The van der Waals surface area contributed by atoms with Crippen molar-refractivity contribution in [1.29, 1.82) is 0 Å². The third-order valence-electron chi connectivity index (χ3n) is 2.63. The van der Waals surface area contributed by atoms with Crippen molar-refractivity contribution in [2.75, 3.05) is 19.4 Å². The van der Waals surface area contributed by atoms with Gasteiger partial charge in [-0.3, -0.25) is 0 Å². The van der Waals surface area contributed by atoms with E-state index >= 15 is 0 Å². The molecule has 1 N–H and O–H groups in total. The Labute approximate surface area is 116 Å². The van der Waals surface area contributed by atoms with Crippen molar-refractivity contribution in [2.45, 2.75) is 0 Å². The second-order valence-corrected chi connectivity index (χ2v) is 4.64. The minimum Gasteiger partial charge on any atom is -0.355 e. The Morgan fingerprint density at radius 2 is 2.05 bits per heavy atom. The average molecular weight is 277 g/mol. The van der Waals surface area contributed by atoms with E-state index in [2.05, 4.69) is 10.4 Å². The Morgan fingerprint density at radius 1 is 1.37 bits per heavy atom. The van der Waals surface area contributed by atoms with Crippen molar-refractivity contribution in [1.82, 2.24) is 19.2 Å². The molecule has 1 aromatic heterocycles. The molecule has 0 aliphatic rings. The van der Waals surface area contributed by atoms with Gasteiger partial charge in [0.25, 0.3) is 0 Å². The highest BCUT2D eigenvalue weighted by Crippen LogP contribution is 2.18. The maximum Gasteiger partial charge on any atom is 0.350 e. The minimum atomic E-state index is -0.204. The zero-order valence-electron chi connectivity index (χ0n) is 11.0. The van der Waals surface area contributed by atoms with Gasteiger partial charge in [0, 0.05) is 21.1 Å². The third-order valence-corrected chi connectivity index (χ3v) is 3.10. The van der Waals surface area contributed by atoms with Crippen LogP contribution in [0.4, 0.5) is 5.69 Å². The molecule has 0 spiro atoms. The van der Waals surface area contributed by atoms with E-state index in [1.54, 1.807) is 11.9 Å². The molecule has 0 aliphatic carbocycles. The Kier molecular flexibility index (Phi) is 3.66. The number of benzene rings is 1. The van der Waals surface area contributed by atoms with Gasteiger partial charge in [-0.1, -0.05) is 12.1 Å². The number of rotatable bonds is 2. The van der Waals surface area contributed by atoms with Gasteiger partial charge >= 0.3 is 5.69 Å². The monoisotopic (exact) mass is 277 g/mol. The molecular weight excluding hydrogens is 262 g/mol. The Bertz CT molecular complexity index is 658. The predicted molar refractivity (Wildman–Crippen MR) is 78.7 cm³/mol. The van der Waals surface area contributed by atoms with Crippen molar-refractivity contribution in [3.05, 3.63) is 41.1 Å². The SMILES string of the molecule is CN(C)C(=S)Nc1ccccc1-n1cnn(C)c1=O. The van der Waals surface area contributed by atoms with Crippen LogP contribution < -0.4 is 11.0 Å². The van der Waals surface area contributed by atoms with Crippen LogP contribution in [-0.2, 0) is 7.05 Å². The molecule has 1 heterocycles. The number of para-hydroxylation sites is 2. The zero-order chi connectivity index (χ0) is 14.0. The fraction of sp³-hybridized carbons (Fsp3) is 0.250. The molecule has 0 bridgehead atoms. The largest absolute Gasteiger partial charge is 0.355 e. The number of hydrogen-bond donors (Lipinski definition) is 1. The summed E-state index contributed by atoms with van der Waals surface area (Å²) in [7, 11) is 5.32. The van der Waals surface area contributed by atoms with Crippen molar-refractivity contribution in [3.63, 3.8) is 0 Å². The Morgan fingerprint density at radius 3 is 2.63 bits per heavy atom. The van der Waals surface area contributed by atoms with Crippen molar-refractivity contribution >= 4 is 23.0 Å². The van der Waals surface area contributed by atoms with Gasteiger partial charge in [0.1, 0.15) is 6.33 Å². The molecule has 6 nitrogen and oxygen atoms in total. The van der Waals surface area contributed by atoms with E-state index in [0.29, 0.717) is 10.8 Å². The normalized spacial score (nSPS) is 10.3. The third kappa shape index (κ3) is 2.65. The van der Waals surface area contributed by atoms with Crippen LogP contribution in [-0.4, -0.2) is 38.5 Å². The first-order valence-corrected chi connectivity index (χ1v) is 6.10. The van der Waals surface area contributed by atoms with Crippen LogP contribution in [0, 0.1) is 0 Å². The van der Waals surface area contributed by atoms with Crippen molar-refractivity contribution in [3.8, 4) is 5.69 Å². The standard InChI is InChI=1S/C12H15N5OS/c1-15(2)11(19)14-9-6-4-5-7-10(9)17-8-13-16(3)12(17)18/h4-8H,1-3H3,(H,14,19). The van der Waals surface area contributed by atoms with Gasteiger partial charge in [-0.05, 0) is 24.4 Å². The van der Waals surface area contributed by atoms with E-state index in [0.717, 1.165) is 5.69 Å². The number of anilines is 1. The lowest BCUT2D eigenvalue weighted by Crippen LogP contribution is -2.28. The smallest absolute Gasteiger partial charge is 0.350 e. The summed E-state index contributed by atoms with van der Waals surface area (Å²) >= 11 is 5.21. The van der Waals surface area contributed by atoms with Crippen LogP contribution >= 0.6 is 12.2 Å². The Balaban J connectivity index is 2.45. The van der Waals surface area contributed by atoms with Crippen LogP contribution in [0.2, 0.25) is 0 Å². The molecule has 0 amide bonds. The molecular formula is C12H15N5OS. The van der Waals surface area contributed by atoms with Crippen LogP contribution in [0.1, 0.15) is 0 Å². The van der Waals surface area contributed by atoms with E-state index in [1.165, 1.54) is 15.6 Å². The van der Waals surface area contributed by atoms with Crippen molar-refractivity contribution in [2.24, 2.45) is 7.05 Å². The first-order valence-electron chi connectivity index (χ1n) is 5.69. The highest BCUT2D eigenvalue weighted by molar-refractivity contribution is 7.80. The van der Waals surface area contributed by atoms with Gasteiger partial charge in [0.15, 0.2) is 5.11 Å². The molecule has 19 heavy (non-hydrogen) atoms. The van der Waals surface area contributed by atoms with Crippen LogP contribution in [0.15, 0.2) is 35.4 Å². The lowest BCUT2D eigenvalue weighted by molar-refractivity contribution is 0.633. The molecule has 0 unspecified atom stereocenters. The molecule has 2 aromatic rings. The topological polar surface area (TPSA) is 55.1 Å². The summed E-state index contributed by atoms with van der Waals surface area (Å²) in [6, 6.07) is 7.44. The molecule has 0 saturated heterocycles. The fourth-order valence-corrected chi connectivity index (χ4v) is 1.68. The number of aromatic nitrogens is 3. The average Bonchev–Trinajstić information content (AvgIpc) is 2.71. The van der Waals surface area contributed by atoms with Gasteiger partial charge in [0.05, 0.1) is 11.4 Å². The number of hydrogen-bond acceptors (Lipinski definition) is 3. The van der Waals surface area contributed by atoms with Gasteiger partial charge in [0.2, 0.25) is 0 Å². The van der Waals surface area contributed by atoms with Crippen LogP contribution in [0.25, 0.3) is 5.69 Å². The minimum absolute atomic E-state index is 0.204. The summed E-state index contributed by atoms with van der Waals surface area (Å²) in [4.78, 5) is 13.7. The summed E-state index contributed by atoms with van der Waals surface area (Å²) in [6.45, 7) is 0. The second-order valence-electron chi connectivity index (χ2n) is 4.25. The number of aryl methyl sites for hydroxylation is 1. The summed E-state index contributed by atoms with van der Waals surface area (Å²) in [5.74, 6) is 0. The first-order chi connectivity index (χ1) is 9.00. The van der Waals surface area contributed by atoms with E-state index in [-0.39, 0.29) is 5.69 Å². The highest BCUT2D eigenvalue weighted by Gasteiger charge is 2.10. The van der Waals surface area contributed by atoms with E-state index in [4.69, 9.17) is 12.2 Å². The lowest BCUT2D eigenvalue weighted by Gasteiger charge is -2.17. The number of nitrogens with one attached hydrogen (secondary N) is 1. The molecule has 0 radical (unpaired) electrons. The quantitative estimate of drug-likeness (QED) is 0.824. The van der Waals surface area contributed by atoms with E-state index in [9.17, 15) is 4.79 Å². The molecule has 1 aromatic carbocycles. The maximum atomic E-state index is 11.9. The Hall–Kier alpha value is -2.15. The molecule has 2 rings (SSSR count). The molecule has 0 aliphatic heterocycles.